The quantitative estimate of drug-likeness (QED) is 0.467. The summed E-state index contributed by atoms with van der Waals surface area (Å²) >= 11 is 12.3. The molecular weight excluding hydrogens is 345 g/mol. The molecule has 2 aromatic carbocycles. The Balaban J connectivity index is 1.82. The highest BCUT2D eigenvalue weighted by Gasteiger charge is 2.11. The molecule has 0 aliphatic carbocycles. The van der Waals surface area contributed by atoms with Crippen molar-refractivity contribution in [3.8, 4) is 0 Å². The number of hydrogen-bond acceptors (Lipinski definition) is 3. The lowest BCUT2D eigenvalue weighted by molar-refractivity contribution is 0.130. The van der Waals surface area contributed by atoms with Crippen LogP contribution in [0.15, 0.2) is 72.4 Å². The van der Waals surface area contributed by atoms with Crippen molar-refractivity contribution in [1.82, 2.24) is 9.55 Å². The fourth-order valence-corrected chi connectivity index (χ4v) is 2.72. The van der Waals surface area contributed by atoms with Crippen LogP contribution in [0.4, 0.5) is 0 Å². The summed E-state index contributed by atoms with van der Waals surface area (Å²) in [4.78, 5) is 9.58. The van der Waals surface area contributed by atoms with Crippen molar-refractivity contribution in [2.24, 2.45) is 5.16 Å². The van der Waals surface area contributed by atoms with Gasteiger partial charge in [0.1, 0.15) is 12.3 Å². The molecule has 0 saturated heterocycles. The van der Waals surface area contributed by atoms with Gasteiger partial charge in [-0.05, 0) is 23.8 Å². The number of nitrogens with zero attached hydrogens (tertiary/aromatic N) is 3. The fourth-order valence-electron chi connectivity index (χ4n) is 2.20. The summed E-state index contributed by atoms with van der Waals surface area (Å²) in [6.45, 7) is 0.885. The topological polar surface area (TPSA) is 39.4 Å². The number of hydrogen-bond donors (Lipinski definition) is 0. The highest BCUT2D eigenvalue weighted by atomic mass is 35.5. The van der Waals surface area contributed by atoms with E-state index < -0.39 is 0 Å². The molecular formula is C18H15Cl2N3O. The Labute approximate surface area is 150 Å². The largest absolute Gasteiger partial charge is 0.391 e. The second-order valence-electron chi connectivity index (χ2n) is 5.16. The molecule has 0 aliphatic heterocycles. The molecule has 0 amide bonds. The van der Waals surface area contributed by atoms with Crippen molar-refractivity contribution in [1.29, 1.82) is 0 Å². The Hall–Kier alpha value is -2.30. The predicted octanol–water partition coefficient (Wildman–Crippen LogP) is 4.81. The summed E-state index contributed by atoms with van der Waals surface area (Å²) < 4.78 is 1.90. The summed E-state index contributed by atoms with van der Waals surface area (Å²) in [5.74, 6) is 0. The molecule has 0 spiro atoms. The molecule has 0 bridgehead atoms. The standard InChI is InChI=1S/C18H15Cl2N3O/c19-15-6-7-16(17(20)10-15)18(11-23-9-8-21-13-23)22-24-12-14-4-2-1-3-5-14/h1-10,13H,11-12H2/b22-18-. The summed E-state index contributed by atoms with van der Waals surface area (Å²) in [5.41, 5.74) is 2.53. The minimum atomic E-state index is 0.388. The summed E-state index contributed by atoms with van der Waals surface area (Å²) in [5, 5.41) is 5.41. The van der Waals surface area contributed by atoms with Gasteiger partial charge >= 0.3 is 0 Å². The van der Waals surface area contributed by atoms with Gasteiger partial charge in [0.2, 0.25) is 0 Å². The molecule has 1 aromatic heterocycles. The lowest BCUT2D eigenvalue weighted by Crippen LogP contribution is -2.12. The van der Waals surface area contributed by atoms with E-state index in [1.54, 1.807) is 24.7 Å². The van der Waals surface area contributed by atoms with Crippen molar-refractivity contribution in [2.75, 3.05) is 0 Å². The van der Waals surface area contributed by atoms with E-state index in [1.807, 2.05) is 47.2 Å². The molecule has 0 aliphatic rings. The Kier molecular flexibility index (Phi) is 5.51. The average Bonchev–Trinajstić information content (AvgIpc) is 3.08. The van der Waals surface area contributed by atoms with Crippen LogP contribution in [0.5, 0.6) is 0 Å². The third-order valence-electron chi connectivity index (χ3n) is 3.38. The van der Waals surface area contributed by atoms with Gasteiger partial charge in [0, 0.05) is 23.0 Å². The molecule has 3 aromatic rings. The van der Waals surface area contributed by atoms with Crippen molar-refractivity contribution in [2.45, 2.75) is 13.2 Å². The maximum atomic E-state index is 6.31. The molecule has 0 atom stereocenters. The lowest BCUT2D eigenvalue weighted by atomic mass is 10.1. The molecule has 24 heavy (non-hydrogen) atoms. The molecule has 0 saturated carbocycles. The van der Waals surface area contributed by atoms with E-state index in [0.717, 1.165) is 11.1 Å². The van der Waals surface area contributed by atoms with Gasteiger partial charge in [-0.2, -0.15) is 0 Å². The summed E-state index contributed by atoms with van der Waals surface area (Å²) in [6.07, 6.45) is 5.29. The zero-order valence-electron chi connectivity index (χ0n) is 12.8. The SMILES string of the molecule is Clc1ccc(/C(Cn2ccnc2)=N\OCc2ccccc2)c(Cl)c1. The maximum absolute atomic E-state index is 6.31. The first-order chi connectivity index (χ1) is 11.7. The number of oxime groups is 1. The average molecular weight is 360 g/mol. The van der Waals surface area contributed by atoms with E-state index in [1.165, 1.54) is 0 Å². The van der Waals surface area contributed by atoms with Crippen molar-refractivity contribution >= 4 is 28.9 Å². The van der Waals surface area contributed by atoms with E-state index in [9.17, 15) is 0 Å². The molecule has 6 heteroatoms. The molecule has 1 heterocycles. The van der Waals surface area contributed by atoms with E-state index in [4.69, 9.17) is 28.0 Å². The van der Waals surface area contributed by atoms with Gasteiger partial charge in [-0.15, -0.1) is 0 Å². The predicted molar refractivity (Wildman–Crippen MR) is 96.5 cm³/mol. The van der Waals surface area contributed by atoms with Crippen LogP contribution in [0.1, 0.15) is 11.1 Å². The van der Waals surface area contributed by atoms with Gasteiger partial charge in [-0.25, -0.2) is 4.98 Å². The second kappa shape index (κ2) is 7.99. The van der Waals surface area contributed by atoms with Gasteiger partial charge in [-0.1, -0.05) is 58.7 Å². The molecule has 4 nitrogen and oxygen atoms in total. The number of rotatable bonds is 6. The molecule has 0 fully saturated rings. The monoisotopic (exact) mass is 359 g/mol. The molecule has 0 unspecified atom stereocenters. The summed E-state index contributed by atoms with van der Waals surface area (Å²) in [6, 6.07) is 15.2. The fraction of sp³-hybridized carbons (Fsp3) is 0.111. The van der Waals surface area contributed by atoms with Crippen LogP contribution in [0.2, 0.25) is 10.0 Å². The van der Waals surface area contributed by atoms with Crippen molar-refractivity contribution in [3.05, 3.63) is 88.4 Å². The molecule has 3 rings (SSSR count). The van der Waals surface area contributed by atoms with Crippen LogP contribution >= 0.6 is 23.2 Å². The second-order valence-corrected chi connectivity index (χ2v) is 6.00. The van der Waals surface area contributed by atoms with Crippen molar-refractivity contribution < 1.29 is 4.84 Å². The molecule has 0 radical (unpaired) electrons. The zero-order chi connectivity index (χ0) is 16.8. The first kappa shape index (κ1) is 16.6. The van der Waals surface area contributed by atoms with Crippen molar-refractivity contribution in [3.63, 3.8) is 0 Å². The number of imidazole rings is 1. The lowest BCUT2D eigenvalue weighted by Gasteiger charge is -2.10. The van der Waals surface area contributed by atoms with Gasteiger partial charge < -0.3 is 9.40 Å². The highest BCUT2D eigenvalue weighted by Crippen LogP contribution is 2.22. The molecule has 0 N–H and O–H groups in total. The molecule has 122 valence electrons. The Bertz CT molecular complexity index is 818. The minimum Gasteiger partial charge on any atom is -0.391 e. The van der Waals surface area contributed by atoms with Gasteiger partial charge in [-0.3, -0.25) is 0 Å². The number of benzene rings is 2. The third kappa shape index (κ3) is 4.37. The first-order valence-corrected chi connectivity index (χ1v) is 8.12. The highest BCUT2D eigenvalue weighted by molar-refractivity contribution is 6.37. The van der Waals surface area contributed by atoms with Crippen LogP contribution < -0.4 is 0 Å². The van der Waals surface area contributed by atoms with Gasteiger partial charge in [0.05, 0.1) is 17.9 Å². The first-order valence-electron chi connectivity index (χ1n) is 7.36. The van der Waals surface area contributed by atoms with E-state index in [-0.39, 0.29) is 0 Å². The van der Waals surface area contributed by atoms with Crippen LogP contribution in [0, 0.1) is 0 Å². The van der Waals surface area contributed by atoms with E-state index in [0.29, 0.717) is 28.9 Å². The zero-order valence-corrected chi connectivity index (χ0v) is 14.3. The van der Waals surface area contributed by atoms with Crippen LogP contribution in [-0.4, -0.2) is 15.3 Å². The van der Waals surface area contributed by atoms with Gasteiger partial charge in [0.15, 0.2) is 0 Å². The summed E-state index contributed by atoms with van der Waals surface area (Å²) in [7, 11) is 0. The maximum Gasteiger partial charge on any atom is 0.142 e. The van der Waals surface area contributed by atoms with E-state index >= 15 is 0 Å². The third-order valence-corrected chi connectivity index (χ3v) is 3.93. The van der Waals surface area contributed by atoms with Gasteiger partial charge in [0.25, 0.3) is 0 Å². The Morgan fingerprint density at radius 3 is 2.67 bits per heavy atom. The Morgan fingerprint density at radius 2 is 1.96 bits per heavy atom. The normalized spacial score (nSPS) is 11.5. The number of halogens is 2. The Morgan fingerprint density at radius 1 is 1.12 bits per heavy atom. The number of aromatic nitrogens is 2. The van der Waals surface area contributed by atoms with Crippen LogP contribution in [-0.2, 0) is 18.0 Å². The smallest absolute Gasteiger partial charge is 0.142 e. The van der Waals surface area contributed by atoms with E-state index in [2.05, 4.69) is 10.1 Å². The minimum absolute atomic E-state index is 0.388. The van der Waals surface area contributed by atoms with Crippen LogP contribution in [0.25, 0.3) is 0 Å². The van der Waals surface area contributed by atoms with Crippen LogP contribution in [0.3, 0.4) is 0 Å².